The van der Waals surface area contributed by atoms with E-state index in [2.05, 4.69) is 43.0 Å². The van der Waals surface area contributed by atoms with E-state index in [1.54, 1.807) is 6.08 Å². The Balaban J connectivity index is 1.59. The summed E-state index contributed by atoms with van der Waals surface area (Å²) in [6.07, 6.45) is 6.93. The lowest BCUT2D eigenvalue weighted by Crippen LogP contribution is -2.49. The number of ether oxygens (including phenoxy) is 4. The SMILES string of the molecule is C=CCO[C@H]1[C@@H]2OC(C)(C)O[C@@H]2C(c2ccccc2)=C[C@@H]1OC/C=C/c1ccccc1. The van der Waals surface area contributed by atoms with Gasteiger partial charge in [0.05, 0.1) is 13.2 Å². The van der Waals surface area contributed by atoms with Gasteiger partial charge in [0.15, 0.2) is 5.79 Å². The lowest BCUT2D eigenvalue weighted by atomic mass is 9.85. The molecule has 0 amide bonds. The fourth-order valence-electron chi connectivity index (χ4n) is 4.14. The Labute approximate surface area is 184 Å². The van der Waals surface area contributed by atoms with Crippen molar-refractivity contribution in [3.8, 4) is 0 Å². The molecule has 2 aromatic rings. The van der Waals surface area contributed by atoms with Gasteiger partial charge < -0.3 is 18.9 Å². The smallest absolute Gasteiger partial charge is 0.164 e. The van der Waals surface area contributed by atoms with E-state index >= 15 is 0 Å². The third-order valence-electron chi connectivity index (χ3n) is 5.44. The highest BCUT2D eigenvalue weighted by atomic mass is 16.8. The molecule has 0 bridgehead atoms. The van der Waals surface area contributed by atoms with Crippen LogP contribution in [0.25, 0.3) is 11.6 Å². The minimum atomic E-state index is -0.693. The molecule has 4 nitrogen and oxygen atoms in total. The van der Waals surface area contributed by atoms with E-state index in [9.17, 15) is 0 Å². The molecule has 0 unspecified atom stereocenters. The lowest BCUT2D eigenvalue weighted by Gasteiger charge is -2.36. The van der Waals surface area contributed by atoms with E-state index in [0.717, 1.165) is 16.7 Å². The largest absolute Gasteiger partial charge is 0.368 e. The molecular weight excluding hydrogens is 388 g/mol. The zero-order chi connectivity index (χ0) is 21.7. The molecule has 162 valence electrons. The van der Waals surface area contributed by atoms with Crippen LogP contribution >= 0.6 is 0 Å². The van der Waals surface area contributed by atoms with Crippen molar-refractivity contribution in [2.24, 2.45) is 0 Å². The highest BCUT2D eigenvalue weighted by Gasteiger charge is 2.52. The number of hydrogen-bond donors (Lipinski definition) is 0. The fraction of sp³-hybridized carbons (Fsp3) is 0.333. The minimum absolute atomic E-state index is 0.216. The molecule has 0 saturated carbocycles. The van der Waals surface area contributed by atoms with Crippen molar-refractivity contribution in [1.29, 1.82) is 0 Å². The summed E-state index contributed by atoms with van der Waals surface area (Å²) >= 11 is 0. The van der Waals surface area contributed by atoms with Gasteiger partial charge in [-0.05, 0) is 36.6 Å². The van der Waals surface area contributed by atoms with E-state index < -0.39 is 5.79 Å². The summed E-state index contributed by atoms with van der Waals surface area (Å²) in [6, 6.07) is 20.4. The van der Waals surface area contributed by atoms with Crippen molar-refractivity contribution < 1.29 is 18.9 Å². The summed E-state index contributed by atoms with van der Waals surface area (Å²) < 4.78 is 25.0. The molecule has 4 heteroatoms. The monoisotopic (exact) mass is 418 g/mol. The molecule has 1 aliphatic heterocycles. The first kappa shape index (κ1) is 21.7. The van der Waals surface area contributed by atoms with Gasteiger partial charge in [-0.3, -0.25) is 0 Å². The molecule has 4 atom stereocenters. The summed E-state index contributed by atoms with van der Waals surface area (Å²) in [4.78, 5) is 0. The van der Waals surface area contributed by atoms with E-state index in [0.29, 0.717) is 13.2 Å². The third-order valence-corrected chi connectivity index (χ3v) is 5.44. The number of fused-ring (bicyclic) bond motifs is 1. The summed E-state index contributed by atoms with van der Waals surface area (Å²) in [5.74, 6) is -0.693. The minimum Gasteiger partial charge on any atom is -0.368 e. The van der Waals surface area contributed by atoms with Crippen LogP contribution in [0.5, 0.6) is 0 Å². The van der Waals surface area contributed by atoms with Crippen molar-refractivity contribution >= 4 is 11.6 Å². The predicted molar refractivity (Wildman–Crippen MR) is 123 cm³/mol. The first-order valence-corrected chi connectivity index (χ1v) is 10.8. The topological polar surface area (TPSA) is 36.9 Å². The van der Waals surface area contributed by atoms with Crippen LogP contribution in [0, 0.1) is 0 Å². The normalized spacial score (nSPS) is 27.1. The van der Waals surface area contributed by atoms with E-state index in [4.69, 9.17) is 18.9 Å². The van der Waals surface area contributed by atoms with Crippen molar-refractivity contribution in [3.05, 3.63) is 96.6 Å². The Kier molecular flexibility index (Phi) is 6.83. The zero-order valence-corrected chi connectivity index (χ0v) is 18.1. The third kappa shape index (κ3) is 5.23. The molecule has 2 aromatic carbocycles. The van der Waals surface area contributed by atoms with E-state index in [1.807, 2.05) is 56.3 Å². The molecule has 0 spiro atoms. The van der Waals surface area contributed by atoms with Crippen LogP contribution in [0.1, 0.15) is 25.0 Å². The molecule has 1 saturated heterocycles. The molecule has 0 aromatic heterocycles. The summed E-state index contributed by atoms with van der Waals surface area (Å²) in [5, 5.41) is 0. The Bertz CT molecular complexity index is 917. The molecule has 1 heterocycles. The summed E-state index contributed by atoms with van der Waals surface area (Å²) in [5.41, 5.74) is 3.32. The van der Waals surface area contributed by atoms with Crippen LogP contribution in [-0.4, -0.2) is 43.4 Å². The molecular formula is C27H30O4. The van der Waals surface area contributed by atoms with Gasteiger partial charge in [-0.2, -0.15) is 0 Å². The Morgan fingerprint density at radius 2 is 1.65 bits per heavy atom. The van der Waals surface area contributed by atoms with E-state index in [-0.39, 0.29) is 24.4 Å². The second kappa shape index (κ2) is 9.75. The summed E-state index contributed by atoms with van der Waals surface area (Å²) in [6.45, 7) is 8.56. The molecule has 31 heavy (non-hydrogen) atoms. The van der Waals surface area contributed by atoms with Crippen LogP contribution in [0.4, 0.5) is 0 Å². The Hall–Kier alpha value is -2.50. The van der Waals surface area contributed by atoms with Crippen molar-refractivity contribution in [2.45, 2.75) is 44.1 Å². The number of rotatable bonds is 8. The van der Waals surface area contributed by atoms with Crippen molar-refractivity contribution in [3.63, 3.8) is 0 Å². The van der Waals surface area contributed by atoms with Gasteiger partial charge in [-0.25, -0.2) is 0 Å². The van der Waals surface area contributed by atoms with Gasteiger partial charge in [0.25, 0.3) is 0 Å². The number of benzene rings is 2. The van der Waals surface area contributed by atoms with Crippen molar-refractivity contribution in [1.82, 2.24) is 0 Å². The quantitative estimate of drug-likeness (QED) is 0.547. The van der Waals surface area contributed by atoms with Crippen LogP contribution in [0.3, 0.4) is 0 Å². The van der Waals surface area contributed by atoms with Crippen molar-refractivity contribution in [2.75, 3.05) is 13.2 Å². The Morgan fingerprint density at radius 3 is 2.35 bits per heavy atom. The predicted octanol–water partition coefficient (Wildman–Crippen LogP) is 5.27. The maximum absolute atomic E-state index is 6.30. The van der Waals surface area contributed by atoms with Gasteiger partial charge in [-0.1, -0.05) is 78.9 Å². The zero-order valence-electron chi connectivity index (χ0n) is 18.1. The van der Waals surface area contributed by atoms with Crippen LogP contribution < -0.4 is 0 Å². The van der Waals surface area contributed by atoms with Crippen LogP contribution in [0.15, 0.2) is 85.5 Å². The van der Waals surface area contributed by atoms with E-state index in [1.165, 1.54) is 0 Å². The second-order valence-electron chi connectivity index (χ2n) is 8.21. The highest BCUT2D eigenvalue weighted by molar-refractivity contribution is 5.71. The molecule has 0 N–H and O–H groups in total. The average Bonchev–Trinajstić information content (AvgIpc) is 3.11. The lowest BCUT2D eigenvalue weighted by molar-refractivity contribution is -0.167. The average molecular weight is 419 g/mol. The van der Waals surface area contributed by atoms with Gasteiger partial charge >= 0.3 is 0 Å². The van der Waals surface area contributed by atoms with Gasteiger partial charge in [0.2, 0.25) is 0 Å². The molecule has 1 fully saturated rings. The van der Waals surface area contributed by atoms with Gasteiger partial charge in [0, 0.05) is 0 Å². The highest BCUT2D eigenvalue weighted by Crippen LogP contribution is 2.42. The first-order valence-electron chi connectivity index (χ1n) is 10.8. The molecule has 0 radical (unpaired) electrons. The molecule has 1 aliphatic carbocycles. The second-order valence-corrected chi connectivity index (χ2v) is 8.21. The first-order chi connectivity index (χ1) is 15.1. The van der Waals surface area contributed by atoms with Crippen LogP contribution in [0.2, 0.25) is 0 Å². The molecule has 4 rings (SSSR count). The summed E-state index contributed by atoms with van der Waals surface area (Å²) in [7, 11) is 0. The van der Waals surface area contributed by atoms with Gasteiger partial charge in [-0.15, -0.1) is 6.58 Å². The van der Waals surface area contributed by atoms with Crippen LogP contribution in [-0.2, 0) is 18.9 Å². The standard InChI is InChI=1S/C27H30O4/c1-4-17-29-25-23(28-18-11-14-20-12-7-5-8-13-20)19-22(21-15-9-6-10-16-21)24-26(25)31-27(2,3)30-24/h4-16,19,23-26H,1,17-18H2,2-3H3/b14-11+/t23-,24+,25+,26+/m0/s1. The fourth-order valence-corrected chi connectivity index (χ4v) is 4.14. The molecule has 2 aliphatic rings. The maximum Gasteiger partial charge on any atom is 0.164 e. The number of hydrogen-bond acceptors (Lipinski definition) is 4. The van der Waals surface area contributed by atoms with Gasteiger partial charge in [0.1, 0.15) is 24.4 Å². The Morgan fingerprint density at radius 1 is 0.935 bits per heavy atom. The maximum atomic E-state index is 6.30.